The first-order chi connectivity index (χ1) is 6.81. The van der Waals surface area contributed by atoms with E-state index in [1.165, 1.54) is 12.1 Å². The summed E-state index contributed by atoms with van der Waals surface area (Å²) < 4.78 is 14.8. The van der Waals surface area contributed by atoms with E-state index >= 15 is 0 Å². The highest BCUT2D eigenvalue weighted by atomic mass is 19.1. The predicted molar refractivity (Wildman–Crippen MR) is 52.1 cm³/mol. The molecular formula is C11H9FN2. The van der Waals surface area contributed by atoms with Gasteiger partial charge in [0.25, 0.3) is 0 Å². The molecule has 2 nitrogen and oxygen atoms in total. The number of nitriles is 1. The van der Waals surface area contributed by atoms with Crippen LogP contribution in [0.1, 0.15) is 6.42 Å². The molecule has 0 aliphatic carbocycles. The van der Waals surface area contributed by atoms with Crippen LogP contribution in [0.2, 0.25) is 0 Å². The monoisotopic (exact) mass is 188 g/mol. The first kappa shape index (κ1) is 8.76. The summed E-state index contributed by atoms with van der Waals surface area (Å²) in [6, 6.07) is 8.62. The number of benzene rings is 1. The second-order valence-electron chi connectivity index (χ2n) is 3.12. The minimum atomic E-state index is -0.226. The third-order valence-corrected chi connectivity index (χ3v) is 2.20. The minimum Gasteiger partial charge on any atom is -0.346 e. The fourth-order valence-corrected chi connectivity index (χ4v) is 1.54. The zero-order valence-electron chi connectivity index (χ0n) is 7.57. The summed E-state index contributed by atoms with van der Waals surface area (Å²) in [4.78, 5) is 0. The molecule has 0 bridgehead atoms. The highest BCUT2D eigenvalue weighted by Gasteiger charge is 2.01. The summed E-state index contributed by atoms with van der Waals surface area (Å²) in [6.07, 6.45) is 2.35. The Kier molecular flexibility index (Phi) is 2.19. The van der Waals surface area contributed by atoms with E-state index in [0.717, 1.165) is 10.9 Å². The molecule has 70 valence electrons. The summed E-state index contributed by atoms with van der Waals surface area (Å²) in [5.74, 6) is -0.226. The van der Waals surface area contributed by atoms with Gasteiger partial charge >= 0.3 is 0 Å². The highest BCUT2D eigenvalue weighted by molar-refractivity contribution is 5.80. The van der Waals surface area contributed by atoms with Crippen molar-refractivity contribution in [3.05, 3.63) is 36.3 Å². The molecule has 1 heterocycles. The Morgan fingerprint density at radius 1 is 1.36 bits per heavy atom. The van der Waals surface area contributed by atoms with Crippen LogP contribution in [0, 0.1) is 17.1 Å². The number of hydrogen-bond acceptors (Lipinski definition) is 1. The minimum absolute atomic E-state index is 0.226. The SMILES string of the molecule is N#CCCn1ccc2cc(F)ccc21. The average Bonchev–Trinajstić information content (AvgIpc) is 2.57. The maximum atomic E-state index is 12.8. The lowest BCUT2D eigenvalue weighted by Crippen LogP contribution is -1.94. The van der Waals surface area contributed by atoms with Crippen LogP contribution in [-0.2, 0) is 6.54 Å². The van der Waals surface area contributed by atoms with Crippen LogP contribution in [0.25, 0.3) is 10.9 Å². The van der Waals surface area contributed by atoms with Crippen molar-refractivity contribution >= 4 is 10.9 Å². The van der Waals surface area contributed by atoms with Gasteiger partial charge in [0.15, 0.2) is 0 Å². The second-order valence-corrected chi connectivity index (χ2v) is 3.12. The van der Waals surface area contributed by atoms with Crippen molar-refractivity contribution in [2.24, 2.45) is 0 Å². The number of nitrogens with zero attached hydrogens (tertiary/aromatic N) is 2. The molecule has 1 aromatic heterocycles. The van der Waals surface area contributed by atoms with Crippen molar-refractivity contribution < 1.29 is 4.39 Å². The molecule has 3 heteroatoms. The first-order valence-corrected chi connectivity index (χ1v) is 4.42. The Labute approximate surface area is 81.2 Å². The molecule has 0 N–H and O–H groups in total. The van der Waals surface area contributed by atoms with Gasteiger partial charge in [-0.2, -0.15) is 5.26 Å². The van der Waals surface area contributed by atoms with Crippen molar-refractivity contribution in [2.75, 3.05) is 0 Å². The van der Waals surface area contributed by atoms with Gasteiger partial charge in [-0.3, -0.25) is 0 Å². The Balaban J connectivity index is 2.43. The van der Waals surface area contributed by atoms with Crippen molar-refractivity contribution in [1.82, 2.24) is 4.57 Å². The Morgan fingerprint density at radius 2 is 2.21 bits per heavy atom. The highest BCUT2D eigenvalue weighted by Crippen LogP contribution is 2.17. The van der Waals surface area contributed by atoms with Gasteiger partial charge in [0.05, 0.1) is 12.5 Å². The van der Waals surface area contributed by atoms with Gasteiger partial charge in [0.2, 0.25) is 0 Å². The zero-order chi connectivity index (χ0) is 9.97. The quantitative estimate of drug-likeness (QED) is 0.712. The lowest BCUT2D eigenvalue weighted by atomic mass is 10.2. The summed E-state index contributed by atoms with van der Waals surface area (Å²) in [5, 5.41) is 9.34. The van der Waals surface area contributed by atoms with E-state index in [4.69, 9.17) is 5.26 Å². The lowest BCUT2D eigenvalue weighted by molar-refractivity contribution is 0.629. The van der Waals surface area contributed by atoms with Gasteiger partial charge in [-0.1, -0.05) is 0 Å². The molecule has 0 aliphatic heterocycles. The molecular weight excluding hydrogens is 179 g/mol. The van der Waals surface area contributed by atoms with Gasteiger partial charge < -0.3 is 4.57 Å². The van der Waals surface area contributed by atoms with E-state index in [2.05, 4.69) is 6.07 Å². The number of rotatable bonds is 2. The topological polar surface area (TPSA) is 28.7 Å². The molecule has 0 saturated carbocycles. The summed E-state index contributed by atoms with van der Waals surface area (Å²) >= 11 is 0. The van der Waals surface area contributed by atoms with E-state index < -0.39 is 0 Å². The van der Waals surface area contributed by atoms with Crippen LogP contribution >= 0.6 is 0 Å². The van der Waals surface area contributed by atoms with Crippen molar-refractivity contribution in [3.63, 3.8) is 0 Å². The van der Waals surface area contributed by atoms with Gasteiger partial charge in [-0.15, -0.1) is 0 Å². The molecule has 0 saturated heterocycles. The molecule has 14 heavy (non-hydrogen) atoms. The first-order valence-electron chi connectivity index (χ1n) is 4.42. The molecule has 0 amide bonds. The smallest absolute Gasteiger partial charge is 0.123 e. The molecule has 0 fully saturated rings. The summed E-state index contributed by atoms with van der Waals surface area (Å²) in [7, 11) is 0. The van der Waals surface area contributed by atoms with Crippen LogP contribution in [0.15, 0.2) is 30.5 Å². The van der Waals surface area contributed by atoms with Gasteiger partial charge in [0, 0.05) is 23.6 Å². The summed E-state index contributed by atoms with van der Waals surface area (Å²) in [6.45, 7) is 0.658. The molecule has 2 rings (SSSR count). The summed E-state index contributed by atoms with van der Waals surface area (Å²) in [5.41, 5.74) is 0.974. The average molecular weight is 188 g/mol. The maximum absolute atomic E-state index is 12.8. The van der Waals surface area contributed by atoms with Gasteiger partial charge in [-0.05, 0) is 24.3 Å². The Morgan fingerprint density at radius 3 is 3.00 bits per heavy atom. The fourth-order valence-electron chi connectivity index (χ4n) is 1.54. The van der Waals surface area contributed by atoms with E-state index in [-0.39, 0.29) is 5.82 Å². The third kappa shape index (κ3) is 1.47. The van der Waals surface area contributed by atoms with Crippen molar-refractivity contribution in [2.45, 2.75) is 13.0 Å². The molecule has 0 aliphatic rings. The van der Waals surface area contributed by atoms with Crippen molar-refractivity contribution in [3.8, 4) is 6.07 Å². The predicted octanol–water partition coefficient (Wildman–Crippen LogP) is 2.69. The van der Waals surface area contributed by atoms with Gasteiger partial charge in [0.1, 0.15) is 5.82 Å². The van der Waals surface area contributed by atoms with Crippen LogP contribution in [0.4, 0.5) is 4.39 Å². The molecule has 1 aromatic carbocycles. The maximum Gasteiger partial charge on any atom is 0.123 e. The molecule has 0 atom stereocenters. The van der Waals surface area contributed by atoms with E-state index in [0.29, 0.717) is 13.0 Å². The van der Waals surface area contributed by atoms with Crippen LogP contribution in [0.5, 0.6) is 0 Å². The largest absolute Gasteiger partial charge is 0.346 e. The van der Waals surface area contributed by atoms with Gasteiger partial charge in [-0.25, -0.2) is 4.39 Å². The van der Waals surface area contributed by atoms with Crippen LogP contribution in [0.3, 0.4) is 0 Å². The van der Waals surface area contributed by atoms with E-state index in [9.17, 15) is 4.39 Å². The van der Waals surface area contributed by atoms with Crippen molar-refractivity contribution in [1.29, 1.82) is 5.26 Å². The number of aromatic nitrogens is 1. The second kappa shape index (κ2) is 3.51. The molecule has 0 spiro atoms. The van der Waals surface area contributed by atoms with Crippen LogP contribution in [-0.4, -0.2) is 4.57 Å². The Bertz CT molecular complexity index is 493. The molecule has 0 unspecified atom stereocenters. The lowest BCUT2D eigenvalue weighted by Gasteiger charge is -2.00. The van der Waals surface area contributed by atoms with E-state index in [1.54, 1.807) is 6.07 Å². The number of halogens is 1. The van der Waals surface area contributed by atoms with E-state index in [1.807, 2.05) is 16.8 Å². The fraction of sp³-hybridized carbons (Fsp3) is 0.182. The zero-order valence-corrected chi connectivity index (χ0v) is 7.57. The number of fused-ring (bicyclic) bond motifs is 1. The number of aryl methyl sites for hydroxylation is 1. The third-order valence-electron chi connectivity index (χ3n) is 2.20. The molecule has 2 aromatic rings. The standard InChI is InChI=1S/C11H9FN2/c12-10-2-3-11-9(8-10)4-7-14(11)6-1-5-13/h2-4,7-8H,1,6H2. The molecule has 0 radical (unpaired) electrons. The van der Waals surface area contributed by atoms with Crippen LogP contribution < -0.4 is 0 Å². The Hall–Kier alpha value is -1.82. The number of hydrogen-bond donors (Lipinski definition) is 0. The normalized spacial score (nSPS) is 10.3.